The third-order valence-corrected chi connectivity index (χ3v) is 9.63. The maximum atomic E-state index is 14.4. The van der Waals surface area contributed by atoms with Gasteiger partial charge < -0.3 is 15.3 Å². The number of aliphatic carboxylic acids is 1. The summed E-state index contributed by atoms with van der Waals surface area (Å²) >= 11 is 0. The molecule has 2 fully saturated rings. The Morgan fingerprint density at radius 1 is 1.02 bits per heavy atom. The fourth-order valence-corrected chi connectivity index (χ4v) is 7.09. The molecular formula is C34H51N3O4. The molecule has 41 heavy (non-hydrogen) atoms. The van der Waals surface area contributed by atoms with Crippen LogP contribution in [0.4, 0.5) is 0 Å². The van der Waals surface area contributed by atoms with E-state index in [9.17, 15) is 14.4 Å². The Bertz CT molecular complexity index is 1130. The lowest BCUT2D eigenvalue weighted by Crippen LogP contribution is -2.51. The van der Waals surface area contributed by atoms with Crippen molar-refractivity contribution in [2.45, 2.75) is 124 Å². The molecule has 2 saturated carbocycles. The number of carboxylic acids is 1. The highest BCUT2D eigenvalue weighted by atomic mass is 16.4. The van der Waals surface area contributed by atoms with E-state index in [0.717, 1.165) is 62.6 Å². The SMILES string of the molecule is CC(C)(C)CC[C@H](c1ccc(C(=O)NCCC(=O)O)cc1)N1C(=O)C(C2CCCC2)=NC12CCC(C(C)(C)C)CC2. The van der Waals surface area contributed by atoms with Crippen molar-refractivity contribution in [2.24, 2.45) is 27.7 Å². The molecule has 0 saturated heterocycles. The molecule has 0 aromatic heterocycles. The second-order valence-electron chi connectivity index (χ2n) is 14.9. The quantitative estimate of drug-likeness (QED) is 0.332. The summed E-state index contributed by atoms with van der Waals surface area (Å²) in [6.07, 6.45) is 10.0. The Balaban J connectivity index is 1.66. The Kier molecular flexibility index (Phi) is 9.35. The molecule has 2 N–H and O–H groups in total. The van der Waals surface area contributed by atoms with Gasteiger partial charge in [-0.3, -0.25) is 19.4 Å². The maximum Gasteiger partial charge on any atom is 0.305 e. The van der Waals surface area contributed by atoms with Gasteiger partial charge in [-0.1, -0.05) is 66.5 Å². The van der Waals surface area contributed by atoms with Crippen molar-refractivity contribution >= 4 is 23.5 Å². The van der Waals surface area contributed by atoms with Gasteiger partial charge in [-0.05, 0) is 85.8 Å². The van der Waals surface area contributed by atoms with Crippen LogP contribution in [0.15, 0.2) is 29.3 Å². The fraction of sp³-hybridized carbons (Fsp3) is 0.706. The Labute approximate surface area is 246 Å². The Morgan fingerprint density at radius 3 is 2.17 bits per heavy atom. The van der Waals surface area contributed by atoms with Crippen molar-refractivity contribution in [1.29, 1.82) is 0 Å². The number of carbonyl (C=O) groups is 3. The summed E-state index contributed by atoms with van der Waals surface area (Å²) < 4.78 is 0. The largest absolute Gasteiger partial charge is 0.481 e. The van der Waals surface area contributed by atoms with E-state index in [-0.39, 0.29) is 47.6 Å². The summed E-state index contributed by atoms with van der Waals surface area (Å²) in [4.78, 5) is 45.5. The molecule has 7 nitrogen and oxygen atoms in total. The van der Waals surface area contributed by atoms with Crippen LogP contribution in [0, 0.1) is 22.7 Å². The predicted molar refractivity (Wildman–Crippen MR) is 163 cm³/mol. The molecule has 1 aromatic carbocycles. The van der Waals surface area contributed by atoms with Gasteiger partial charge in [-0.2, -0.15) is 0 Å². The van der Waals surface area contributed by atoms with Gasteiger partial charge >= 0.3 is 5.97 Å². The predicted octanol–water partition coefficient (Wildman–Crippen LogP) is 7.16. The second-order valence-corrected chi connectivity index (χ2v) is 14.9. The zero-order chi connectivity index (χ0) is 30.0. The van der Waals surface area contributed by atoms with Gasteiger partial charge in [-0.15, -0.1) is 0 Å². The number of nitrogens with one attached hydrogen (secondary N) is 1. The number of benzene rings is 1. The lowest BCUT2D eigenvalue weighted by Gasteiger charge is -2.48. The van der Waals surface area contributed by atoms with E-state index in [4.69, 9.17) is 10.1 Å². The molecule has 1 heterocycles. The Morgan fingerprint density at radius 2 is 1.63 bits per heavy atom. The number of hydrogen-bond acceptors (Lipinski definition) is 4. The van der Waals surface area contributed by atoms with Crippen molar-refractivity contribution in [3.63, 3.8) is 0 Å². The van der Waals surface area contributed by atoms with Crippen molar-refractivity contribution in [2.75, 3.05) is 6.54 Å². The number of nitrogens with zero attached hydrogens (tertiary/aromatic N) is 2. The molecule has 3 aliphatic rings. The minimum atomic E-state index is -0.942. The van der Waals surface area contributed by atoms with Gasteiger partial charge in [0.2, 0.25) is 0 Å². The van der Waals surface area contributed by atoms with Crippen molar-refractivity contribution < 1.29 is 19.5 Å². The number of rotatable bonds is 9. The van der Waals surface area contributed by atoms with Crippen molar-refractivity contribution in [3.05, 3.63) is 35.4 Å². The zero-order valence-electron chi connectivity index (χ0n) is 26.1. The van der Waals surface area contributed by atoms with Gasteiger partial charge in [0.1, 0.15) is 11.4 Å². The first-order valence-corrected chi connectivity index (χ1v) is 15.7. The monoisotopic (exact) mass is 565 g/mol. The number of hydrogen-bond donors (Lipinski definition) is 2. The topological polar surface area (TPSA) is 99.1 Å². The first-order valence-electron chi connectivity index (χ1n) is 15.7. The fourth-order valence-electron chi connectivity index (χ4n) is 7.09. The molecule has 226 valence electrons. The first kappa shape index (κ1) is 31.2. The molecule has 2 aliphatic carbocycles. The van der Waals surface area contributed by atoms with Gasteiger partial charge in [0.15, 0.2) is 0 Å². The van der Waals surface area contributed by atoms with Crippen LogP contribution in [0.1, 0.15) is 134 Å². The van der Waals surface area contributed by atoms with E-state index in [2.05, 4.69) is 51.8 Å². The van der Waals surface area contributed by atoms with E-state index in [1.54, 1.807) is 12.1 Å². The molecule has 0 radical (unpaired) electrons. The molecule has 1 spiro atoms. The molecular weight excluding hydrogens is 514 g/mol. The molecule has 1 aromatic rings. The van der Waals surface area contributed by atoms with Crippen LogP contribution in [0.2, 0.25) is 0 Å². The number of amides is 2. The highest BCUT2D eigenvalue weighted by molar-refractivity contribution is 6.41. The maximum absolute atomic E-state index is 14.4. The van der Waals surface area contributed by atoms with E-state index in [1.807, 2.05) is 12.1 Å². The molecule has 7 heteroatoms. The van der Waals surface area contributed by atoms with Gasteiger partial charge in [0.05, 0.1) is 12.5 Å². The van der Waals surface area contributed by atoms with Crippen LogP contribution < -0.4 is 5.32 Å². The normalized spacial score (nSPS) is 24.5. The van der Waals surface area contributed by atoms with E-state index >= 15 is 0 Å². The van der Waals surface area contributed by atoms with Gasteiger partial charge in [0, 0.05) is 18.0 Å². The van der Waals surface area contributed by atoms with Crippen molar-refractivity contribution in [1.82, 2.24) is 10.2 Å². The van der Waals surface area contributed by atoms with Crippen molar-refractivity contribution in [3.8, 4) is 0 Å². The Hall–Kier alpha value is -2.70. The average molecular weight is 566 g/mol. The highest BCUT2D eigenvalue weighted by Gasteiger charge is 2.53. The molecule has 2 amide bonds. The number of aliphatic imine (C=N–C) groups is 1. The highest BCUT2D eigenvalue weighted by Crippen LogP contribution is 2.51. The standard InChI is InChI=1S/C34H51N3O4/c1-32(2,3)19-17-27(23-11-13-25(14-12-23)30(40)35-22-18-28(38)39)37-31(41)29(24-9-7-8-10-24)36-34(37)20-15-26(16-21-34)33(4,5)6/h11-14,24,26-27H,7-10,15-22H2,1-6H3,(H,35,40)(H,38,39)/t26?,27-,34?/m1/s1. The minimum absolute atomic E-state index is 0.0891. The lowest BCUT2D eigenvalue weighted by atomic mass is 9.69. The van der Waals surface area contributed by atoms with Crippen LogP contribution in [-0.2, 0) is 9.59 Å². The minimum Gasteiger partial charge on any atom is -0.481 e. The smallest absolute Gasteiger partial charge is 0.305 e. The molecule has 0 unspecified atom stereocenters. The second kappa shape index (κ2) is 12.3. The summed E-state index contributed by atoms with van der Waals surface area (Å²) in [5.41, 5.74) is 2.18. The van der Waals surface area contributed by atoms with E-state index in [0.29, 0.717) is 11.5 Å². The van der Waals surface area contributed by atoms with Crippen LogP contribution in [0.3, 0.4) is 0 Å². The van der Waals surface area contributed by atoms with Crippen LogP contribution >= 0.6 is 0 Å². The third kappa shape index (κ3) is 7.39. The summed E-state index contributed by atoms with van der Waals surface area (Å²) in [5, 5.41) is 11.6. The summed E-state index contributed by atoms with van der Waals surface area (Å²) in [6, 6.07) is 7.44. The van der Waals surface area contributed by atoms with Crippen LogP contribution in [-0.4, -0.2) is 45.7 Å². The summed E-state index contributed by atoms with van der Waals surface area (Å²) in [5.74, 6) is -0.222. The van der Waals surface area contributed by atoms with Crippen LogP contribution in [0.25, 0.3) is 0 Å². The molecule has 0 bridgehead atoms. The first-order chi connectivity index (χ1) is 19.2. The lowest BCUT2D eigenvalue weighted by molar-refractivity contribution is -0.137. The van der Waals surface area contributed by atoms with Gasteiger partial charge in [0.25, 0.3) is 11.8 Å². The molecule has 1 aliphatic heterocycles. The number of carboxylic acid groups (broad SMARTS) is 1. The average Bonchev–Trinajstić information content (AvgIpc) is 3.51. The number of carbonyl (C=O) groups excluding carboxylic acids is 2. The van der Waals surface area contributed by atoms with Crippen LogP contribution in [0.5, 0.6) is 0 Å². The van der Waals surface area contributed by atoms with E-state index in [1.165, 1.54) is 12.8 Å². The zero-order valence-corrected chi connectivity index (χ0v) is 26.1. The third-order valence-electron chi connectivity index (χ3n) is 9.63. The van der Waals surface area contributed by atoms with E-state index < -0.39 is 11.6 Å². The molecule has 1 atom stereocenters. The summed E-state index contributed by atoms with van der Waals surface area (Å²) in [6.45, 7) is 13.8. The summed E-state index contributed by atoms with van der Waals surface area (Å²) in [7, 11) is 0. The molecule has 4 rings (SSSR count). The van der Waals surface area contributed by atoms with Gasteiger partial charge in [-0.25, -0.2) is 0 Å².